The first-order valence-electron chi connectivity index (χ1n) is 6.84. The van der Waals surface area contributed by atoms with E-state index in [0.717, 1.165) is 5.56 Å². The summed E-state index contributed by atoms with van der Waals surface area (Å²) in [6.45, 7) is 3.39. The molecule has 0 aliphatic rings. The van der Waals surface area contributed by atoms with Crippen LogP contribution in [-0.4, -0.2) is 35.3 Å². The van der Waals surface area contributed by atoms with Gasteiger partial charge in [-0.3, -0.25) is 5.32 Å². The van der Waals surface area contributed by atoms with Crippen LogP contribution in [0.25, 0.3) is 0 Å². The molecule has 22 heavy (non-hydrogen) atoms. The van der Waals surface area contributed by atoms with Crippen LogP contribution in [-0.2, 0) is 25.7 Å². The van der Waals surface area contributed by atoms with Gasteiger partial charge in [-0.1, -0.05) is 37.3 Å². The smallest absolute Gasteiger partial charge is 0.408 e. The second-order valence-electron chi connectivity index (χ2n) is 4.63. The van der Waals surface area contributed by atoms with Crippen LogP contribution in [0.4, 0.5) is 4.79 Å². The van der Waals surface area contributed by atoms with Crippen molar-refractivity contribution in [1.29, 1.82) is 0 Å². The molecule has 0 heterocycles. The molecule has 120 valence electrons. The highest BCUT2D eigenvalue weighted by Crippen LogP contribution is 2.03. The van der Waals surface area contributed by atoms with Crippen LogP contribution in [0.2, 0.25) is 0 Å². The van der Waals surface area contributed by atoms with Gasteiger partial charge in [-0.05, 0) is 18.9 Å². The molecule has 2 unspecified atom stereocenters. The molecule has 0 aliphatic carbocycles. The number of hydrogen-bond donors (Lipinski definition) is 2. The third-order valence-corrected chi connectivity index (χ3v) is 2.85. The molecule has 2 N–H and O–H groups in total. The SMILES string of the molecule is CCC(C)OC(=O)C(NC(=O)OCc1ccccc1)C(=O)O. The molecule has 0 bridgehead atoms. The van der Waals surface area contributed by atoms with Gasteiger partial charge in [-0.25, -0.2) is 14.4 Å². The van der Waals surface area contributed by atoms with E-state index < -0.39 is 30.2 Å². The van der Waals surface area contributed by atoms with Gasteiger partial charge in [0.1, 0.15) is 6.61 Å². The summed E-state index contributed by atoms with van der Waals surface area (Å²) < 4.78 is 9.77. The second-order valence-corrected chi connectivity index (χ2v) is 4.63. The number of rotatable bonds is 7. The monoisotopic (exact) mass is 309 g/mol. The lowest BCUT2D eigenvalue weighted by Crippen LogP contribution is -2.48. The molecule has 7 heteroatoms. The fraction of sp³-hybridized carbons (Fsp3) is 0.400. The Morgan fingerprint density at radius 2 is 1.86 bits per heavy atom. The van der Waals surface area contributed by atoms with Crippen LogP contribution in [0.15, 0.2) is 30.3 Å². The lowest BCUT2D eigenvalue weighted by Gasteiger charge is -2.16. The minimum absolute atomic E-state index is 0.0284. The second kappa shape index (κ2) is 8.66. The number of carboxylic acids is 1. The number of nitrogens with one attached hydrogen (secondary N) is 1. The Balaban J connectivity index is 2.53. The lowest BCUT2D eigenvalue weighted by molar-refractivity contribution is -0.158. The number of ether oxygens (including phenoxy) is 2. The van der Waals surface area contributed by atoms with Crippen LogP contribution in [0.5, 0.6) is 0 Å². The molecule has 2 atom stereocenters. The minimum Gasteiger partial charge on any atom is -0.479 e. The highest BCUT2D eigenvalue weighted by Gasteiger charge is 2.31. The number of aliphatic carboxylic acids is 1. The third kappa shape index (κ3) is 5.82. The van der Waals surface area contributed by atoms with Crippen molar-refractivity contribution in [1.82, 2.24) is 5.32 Å². The predicted molar refractivity (Wildman–Crippen MR) is 77.0 cm³/mol. The van der Waals surface area contributed by atoms with E-state index in [2.05, 4.69) is 0 Å². The number of esters is 1. The fourth-order valence-corrected chi connectivity index (χ4v) is 1.45. The van der Waals surface area contributed by atoms with Crippen molar-refractivity contribution in [3.8, 4) is 0 Å². The molecule has 0 saturated carbocycles. The number of carbonyl (C=O) groups is 3. The number of alkyl carbamates (subject to hydrolysis) is 1. The molecule has 1 aromatic rings. The van der Waals surface area contributed by atoms with Gasteiger partial charge in [0, 0.05) is 0 Å². The normalized spacial score (nSPS) is 12.8. The molecule has 1 aromatic carbocycles. The van der Waals surface area contributed by atoms with Gasteiger partial charge in [0.25, 0.3) is 0 Å². The average molecular weight is 309 g/mol. The molecule has 1 amide bonds. The van der Waals surface area contributed by atoms with Gasteiger partial charge in [0.2, 0.25) is 6.04 Å². The molecular weight excluding hydrogens is 290 g/mol. The molecule has 0 spiro atoms. The van der Waals surface area contributed by atoms with E-state index in [1.165, 1.54) is 0 Å². The van der Waals surface area contributed by atoms with Crippen LogP contribution >= 0.6 is 0 Å². The third-order valence-electron chi connectivity index (χ3n) is 2.85. The molecule has 0 aliphatic heterocycles. The Bertz CT molecular complexity index is 516. The van der Waals surface area contributed by atoms with E-state index >= 15 is 0 Å². The largest absolute Gasteiger partial charge is 0.479 e. The van der Waals surface area contributed by atoms with Gasteiger partial charge in [0.15, 0.2) is 0 Å². The van der Waals surface area contributed by atoms with Gasteiger partial charge in [-0.15, -0.1) is 0 Å². The maximum Gasteiger partial charge on any atom is 0.408 e. The highest BCUT2D eigenvalue weighted by molar-refractivity contribution is 6.00. The average Bonchev–Trinajstić information content (AvgIpc) is 2.51. The van der Waals surface area contributed by atoms with Gasteiger partial charge in [-0.2, -0.15) is 0 Å². The number of carbonyl (C=O) groups excluding carboxylic acids is 2. The fourth-order valence-electron chi connectivity index (χ4n) is 1.45. The summed E-state index contributed by atoms with van der Waals surface area (Å²) in [6.07, 6.45) is -0.898. The van der Waals surface area contributed by atoms with E-state index in [1.54, 1.807) is 38.1 Å². The Morgan fingerprint density at radius 3 is 2.41 bits per heavy atom. The van der Waals surface area contributed by atoms with Crippen molar-refractivity contribution in [3.05, 3.63) is 35.9 Å². The standard InChI is InChI=1S/C15H19NO6/c1-3-10(2)22-14(19)12(13(17)18)16-15(20)21-9-11-7-5-4-6-8-11/h4-8,10,12H,3,9H2,1-2H3,(H,16,20)(H,17,18). The minimum atomic E-state index is -1.79. The highest BCUT2D eigenvalue weighted by atomic mass is 16.6. The van der Waals surface area contributed by atoms with Crippen molar-refractivity contribution in [2.45, 2.75) is 39.0 Å². The van der Waals surface area contributed by atoms with E-state index in [-0.39, 0.29) is 6.61 Å². The summed E-state index contributed by atoms with van der Waals surface area (Å²) in [5.41, 5.74) is 0.742. The van der Waals surface area contributed by atoms with E-state index in [0.29, 0.717) is 6.42 Å². The summed E-state index contributed by atoms with van der Waals surface area (Å²) in [4.78, 5) is 34.3. The zero-order valence-electron chi connectivity index (χ0n) is 12.4. The summed E-state index contributed by atoms with van der Waals surface area (Å²) in [7, 11) is 0. The molecule has 7 nitrogen and oxygen atoms in total. The van der Waals surface area contributed by atoms with Crippen molar-refractivity contribution in [2.24, 2.45) is 0 Å². The first kappa shape index (κ1) is 17.5. The summed E-state index contributed by atoms with van der Waals surface area (Å²) in [5, 5.41) is 11.0. The lowest BCUT2D eigenvalue weighted by atomic mass is 10.2. The first-order valence-corrected chi connectivity index (χ1v) is 6.84. The van der Waals surface area contributed by atoms with Crippen LogP contribution in [0.3, 0.4) is 0 Å². The zero-order valence-corrected chi connectivity index (χ0v) is 12.4. The molecular formula is C15H19NO6. The topological polar surface area (TPSA) is 102 Å². The van der Waals surface area contributed by atoms with Gasteiger partial charge in [0.05, 0.1) is 6.10 Å². The number of carboxylic acid groups (broad SMARTS) is 1. The van der Waals surface area contributed by atoms with E-state index in [9.17, 15) is 14.4 Å². The van der Waals surface area contributed by atoms with Crippen molar-refractivity contribution < 1.29 is 29.0 Å². The van der Waals surface area contributed by atoms with Crippen LogP contribution in [0, 0.1) is 0 Å². The summed E-state index contributed by atoms with van der Waals surface area (Å²) in [6, 6.07) is 7.07. The maximum atomic E-state index is 11.7. The van der Waals surface area contributed by atoms with Crippen molar-refractivity contribution in [3.63, 3.8) is 0 Å². The maximum absolute atomic E-state index is 11.7. The van der Waals surface area contributed by atoms with Gasteiger partial charge < -0.3 is 14.6 Å². The van der Waals surface area contributed by atoms with Crippen LogP contribution < -0.4 is 5.32 Å². The molecule has 1 rings (SSSR count). The van der Waals surface area contributed by atoms with Crippen molar-refractivity contribution in [2.75, 3.05) is 0 Å². The number of benzene rings is 1. The zero-order chi connectivity index (χ0) is 16.5. The molecule has 0 aromatic heterocycles. The van der Waals surface area contributed by atoms with E-state index in [4.69, 9.17) is 14.6 Å². The molecule has 0 radical (unpaired) electrons. The summed E-state index contributed by atoms with van der Waals surface area (Å²) >= 11 is 0. The van der Waals surface area contributed by atoms with Crippen molar-refractivity contribution >= 4 is 18.0 Å². The Morgan fingerprint density at radius 1 is 1.23 bits per heavy atom. The Hall–Kier alpha value is -2.57. The first-order chi connectivity index (χ1) is 10.4. The number of hydrogen-bond acceptors (Lipinski definition) is 5. The number of amides is 1. The predicted octanol–water partition coefficient (Wildman–Crippen LogP) is 1.71. The van der Waals surface area contributed by atoms with Crippen LogP contribution in [0.1, 0.15) is 25.8 Å². The quantitative estimate of drug-likeness (QED) is 0.587. The molecule has 0 saturated heterocycles. The Labute approximate surface area is 128 Å². The Kier molecular flexibility index (Phi) is 6.88. The molecule has 0 fully saturated rings. The van der Waals surface area contributed by atoms with Gasteiger partial charge >= 0.3 is 18.0 Å². The summed E-state index contributed by atoms with van der Waals surface area (Å²) in [5.74, 6) is -2.54. The van der Waals surface area contributed by atoms with E-state index in [1.807, 2.05) is 11.4 Å².